The van der Waals surface area contributed by atoms with E-state index in [-0.39, 0.29) is 18.3 Å². The fraction of sp³-hybridized carbons (Fsp3) is 0.857. The van der Waals surface area contributed by atoms with E-state index in [0.29, 0.717) is 24.4 Å². The first-order valence-corrected chi connectivity index (χ1v) is 7.06. The molecule has 2 rings (SSSR count). The van der Waals surface area contributed by atoms with Gasteiger partial charge < -0.3 is 15.4 Å². The van der Waals surface area contributed by atoms with Gasteiger partial charge in [-0.3, -0.25) is 4.79 Å². The van der Waals surface area contributed by atoms with Crippen LogP contribution in [0, 0.1) is 5.92 Å². The van der Waals surface area contributed by atoms with Crippen LogP contribution in [-0.2, 0) is 14.3 Å². The summed E-state index contributed by atoms with van der Waals surface area (Å²) in [5.74, 6) is -0.0277. The molecule has 2 unspecified atom stereocenters. The van der Waals surface area contributed by atoms with Gasteiger partial charge in [-0.05, 0) is 45.4 Å². The second-order valence-electron chi connectivity index (χ2n) is 6.34. The summed E-state index contributed by atoms with van der Waals surface area (Å²) in [6, 6.07) is 1.18. The number of hydrogen-bond acceptors (Lipinski definition) is 4. The maximum atomic E-state index is 12.0. The standard InChI is InChI=1S/C14H24N2O3.ClH/c1-14(2,13(18)19-3)16-12(17)8-9-6-10-4-5-11(7-9)15-10;/h9-11,15H,4-8H2,1-3H3,(H,16,17);1H. The summed E-state index contributed by atoms with van der Waals surface area (Å²) in [4.78, 5) is 23.6. The van der Waals surface area contributed by atoms with Crippen molar-refractivity contribution in [2.24, 2.45) is 5.92 Å². The van der Waals surface area contributed by atoms with Crippen LogP contribution >= 0.6 is 12.4 Å². The molecule has 0 aromatic rings. The van der Waals surface area contributed by atoms with Crippen LogP contribution in [0.5, 0.6) is 0 Å². The molecule has 20 heavy (non-hydrogen) atoms. The average Bonchev–Trinajstić information content (AvgIpc) is 2.66. The zero-order valence-electron chi connectivity index (χ0n) is 12.4. The molecule has 0 aromatic heterocycles. The number of ether oxygens (including phenoxy) is 1. The fourth-order valence-electron chi connectivity index (χ4n) is 3.31. The minimum Gasteiger partial charge on any atom is -0.467 e. The van der Waals surface area contributed by atoms with E-state index < -0.39 is 11.5 Å². The Hall–Kier alpha value is -0.810. The summed E-state index contributed by atoms with van der Waals surface area (Å²) in [5.41, 5.74) is -0.947. The molecule has 0 aromatic carbocycles. The third-order valence-corrected chi connectivity index (χ3v) is 4.19. The molecule has 0 saturated carbocycles. The molecule has 2 atom stereocenters. The van der Waals surface area contributed by atoms with Gasteiger partial charge in [0, 0.05) is 18.5 Å². The Labute approximate surface area is 126 Å². The van der Waals surface area contributed by atoms with Gasteiger partial charge in [-0.25, -0.2) is 4.79 Å². The summed E-state index contributed by atoms with van der Waals surface area (Å²) < 4.78 is 4.69. The zero-order chi connectivity index (χ0) is 14.0. The predicted octanol–water partition coefficient (Wildman–Crippen LogP) is 1.40. The number of fused-ring (bicyclic) bond motifs is 2. The number of nitrogens with one attached hydrogen (secondary N) is 2. The molecule has 5 nitrogen and oxygen atoms in total. The highest BCUT2D eigenvalue weighted by Gasteiger charge is 2.36. The largest absolute Gasteiger partial charge is 0.467 e. The molecule has 2 aliphatic rings. The van der Waals surface area contributed by atoms with Gasteiger partial charge in [0.1, 0.15) is 5.54 Å². The van der Waals surface area contributed by atoms with Crippen molar-refractivity contribution in [1.82, 2.24) is 10.6 Å². The van der Waals surface area contributed by atoms with Crippen molar-refractivity contribution in [1.29, 1.82) is 0 Å². The van der Waals surface area contributed by atoms with Crippen LogP contribution in [-0.4, -0.2) is 36.6 Å². The lowest BCUT2D eigenvalue weighted by atomic mass is 9.89. The van der Waals surface area contributed by atoms with E-state index in [2.05, 4.69) is 15.4 Å². The Morgan fingerprint density at radius 1 is 1.25 bits per heavy atom. The lowest BCUT2D eigenvalue weighted by Crippen LogP contribution is -2.51. The first kappa shape index (κ1) is 17.2. The Kier molecular flexibility index (Phi) is 5.83. The van der Waals surface area contributed by atoms with Crippen molar-refractivity contribution in [3.63, 3.8) is 0 Å². The molecule has 6 heteroatoms. The third-order valence-electron chi connectivity index (χ3n) is 4.19. The maximum absolute atomic E-state index is 12.0. The van der Waals surface area contributed by atoms with E-state index in [4.69, 9.17) is 0 Å². The van der Waals surface area contributed by atoms with E-state index in [9.17, 15) is 9.59 Å². The van der Waals surface area contributed by atoms with E-state index in [1.165, 1.54) is 20.0 Å². The molecule has 2 saturated heterocycles. The molecule has 0 aliphatic carbocycles. The topological polar surface area (TPSA) is 67.4 Å². The van der Waals surface area contributed by atoms with Crippen molar-refractivity contribution in [3.05, 3.63) is 0 Å². The van der Waals surface area contributed by atoms with Gasteiger partial charge in [-0.15, -0.1) is 12.4 Å². The van der Waals surface area contributed by atoms with Crippen LogP contribution in [0.15, 0.2) is 0 Å². The van der Waals surface area contributed by atoms with Gasteiger partial charge in [0.15, 0.2) is 0 Å². The number of carbonyl (C=O) groups is 2. The number of hydrogen-bond donors (Lipinski definition) is 2. The normalized spacial score (nSPS) is 28.4. The smallest absolute Gasteiger partial charge is 0.330 e. The molecule has 1 amide bonds. The number of halogens is 1. The van der Waals surface area contributed by atoms with Crippen molar-refractivity contribution < 1.29 is 14.3 Å². The zero-order valence-corrected chi connectivity index (χ0v) is 13.2. The van der Waals surface area contributed by atoms with Crippen LogP contribution in [0.2, 0.25) is 0 Å². The van der Waals surface area contributed by atoms with Crippen LogP contribution < -0.4 is 10.6 Å². The summed E-state index contributed by atoms with van der Waals surface area (Å²) >= 11 is 0. The molecule has 116 valence electrons. The average molecular weight is 305 g/mol. The minimum atomic E-state index is -0.947. The highest BCUT2D eigenvalue weighted by Crippen LogP contribution is 2.32. The Bertz CT molecular complexity index is 361. The third kappa shape index (κ3) is 4.09. The number of carbonyl (C=O) groups excluding carboxylic acids is 2. The van der Waals surface area contributed by atoms with Gasteiger partial charge in [-0.2, -0.15) is 0 Å². The van der Waals surface area contributed by atoms with Crippen molar-refractivity contribution in [2.45, 2.75) is 63.6 Å². The van der Waals surface area contributed by atoms with Gasteiger partial charge in [0.25, 0.3) is 0 Å². The maximum Gasteiger partial charge on any atom is 0.330 e. The highest BCUT2D eigenvalue weighted by molar-refractivity contribution is 5.87. The van der Waals surface area contributed by atoms with Gasteiger partial charge in [0.2, 0.25) is 5.91 Å². The van der Waals surface area contributed by atoms with Crippen LogP contribution in [0.4, 0.5) is 0 Å². The molecule has 0 radical (unpaired) electrons. The van der Waals surface area contributed by atoms with Crippen molar-refractivity contribution in [3.8, 4) is 0 Å². The number of rotatable bonds is 4. The number of amides is 1. The summed E-state index contributed by atoms with van der Waals surface area (Å²) in [7, 11) is 1.33. The van der Waals surface area contributed by atoms with Crippen molar-refractivity contribution >= 4 is 24.3 Å². The van der Waals surface area contributed by atoms with Gasteiger partial charge in [-0.1, -0.05) is 0 Å². The second-order valence-corrected chi connectivity index (χ2v) is 6.34. The Balaban J connectivity index is 0.00000200. The van der Waals surface area contributed by atoms with E-state index in [1.807, 2.05) is 0 Å². The van der Waals surface area contributed by atoms with Crippen LogP contribution in [0.1, 0.15) is 46.0 Å². The number of esters is 1. The quantitative estimate of drug-likeness (QED) is 0.770. The van der Waals surface area contributed by atoms with E-state index in [1.54, 1.807) is 13.8 Å². The fourth-order valence-corrected chi connectivity index (χ4v) is 3.31. The summed E-state index contributed by atoms with van der Waals surface area (Å²) in [6.45, 7) is 3.34. The molecule has 2 bridgehead atoms. The molecule has 2 fully saturated rings. The van der Waals surface area contributed by atoms with Gasteiger partial charge >= 0.3 is 5.97 Å². The Morgan fingerprint density at radius 2 is 1.80 bits per heavy atom. The molecular formula is C14H25ClN2O3. The number of piperidine rings is 1. The molecular weight excluding hydrogens is 280 g/mol. The number of methoxy groups -OCH3 is 1. The lowest BCUT2D eigenvalue weighted by Gasteiger charge is -2.30. The first-order valence-electron chi connectivity index (χ1n) is 7.06. The molecule has 2 N–H and O–H groups in total. The molecule has 2 heterocycles. The minimum absolute atomic E-state index is 0. The molecule has 0 spiro atoms. The predicted molar refractivity (Wildman–Crippen MR) is 78.8 cm³/mol. The summed E-state index contributed by atoms with van der Waals surface area (Å²) in [5, 5.41) is 6.33. The SMILES string of the molecule is COC(=O)C(C)(C)NC(=O)CC1CC2CCC(C1)N2.Cl. The summed E-state index contributed by atoms with van der Waals surface area (Å²) in [6.07, 6.45) is 5.12. The highest BCUT2D eigenvalue weighted by atomic mass is 35.5. The van der Waals surface area contributed by atoms with Gasteiger partial charge in [0.05, 0.1) is 7.11 Å². The first-order chi connectivity index (χ1) is 8.90. The monoisotopic (exact) mass is 304 g/mol. The van der Waals surface area contributed by atoms with E-state index >= 15 is 0 Å². The van der Waals surface area contributed by atoms with Crippen molar-refractivity contribution in [2.75, 3.05) is 7.11 Å². The Morgan fingerprint density at radius 3 is 2.30 bits per heavy atom. The molecule has 2 aliphatic heterocycles. The lowest BCUT2D eigenvalue weighted by molar-refractivity contribution is -0.149. The van der Waals surface area contributed by atoms with E-state index in [0.717, 1.165) is 12.8 Å². The van der Waals surface area contributed by atoms with Crippen LogP contribution in [0.3, 0.4) is 0 Å². The van der Waals surface area contributed by atoms with Crippen LogP contribution in [0.25, 0.3) is 0 Å². The second kappa shape index (κ2) is 6.76.